The van der Waals surface area contributed by atoms with Crippen molar-refractivity contribution in [1.82, 2.24) is 0 Å². The smallest absolute Gasteiger partial charge is 0.0231 e. The molecule has 0 radical (unpaired) electrons. The average molecular weight is 122 g/mol. The van der Waals surface area contributed by atoms with Gasteiger partial charge in [0.15, 0.2) is 0 Å². The Morgan fingerprint density at radius 1 is 1.22 bits per heavy atom. The molecular formula is C9H14. The molecular weight excluding hydrogens is 108 g/mol. The van der Waals surface area contributed by atoms with Gasteiger partial charge in [0, 0.05) is 0 Å². The van der Waals surface area contributed by atoms with Crippen LogP contribution in [0.4, 0.5) is 0 Å². The van der Waals surface area contributed by atoms with Crippen molar-refractivity contribution >= 4 is 0 Å². The normalized spacial score (nSPS) is 40.9. The lowest BCUT2D eigenvalue weighted by Gasteiger charge is -2.29. The maximum atomic E-state index is 2.43. The molecule has 2 aliphatic rings. The third kappa shape index (κ3) is 1.03. The molecule has 2 aliphatic carbocycles. The summed E-state index contributed by atoms with van der Waals surface area (Å²) in [6, 6.07) is 0. The van der Waals surface area contributed by atoms with Gasteiger partial charge in [0.2, 0.25) is 0 Å². The van der Waals surface area contributed by atoms with Crippen molar-refractivity contribution in [2.45, 2.75) is 32.1 Å². The van der Waals surface area contributed by atoms with E-state index in [2.05, 4.69) is 12.2 Å². The van der Waals surface area contributed by atoms with Crippen molar-refractivity contribution in [3.05, 3.63) is 12.2 Å². The van der Waals surface area contributed by atoms with Gasteiger partial charge in [-0.3, -0.25) is 0 Å². The fraction of sp³-hybridized carbons (Fsp3) is 0.778. The molecule has 0 aromatic heterocycles. The van der Waals surface area contributed by atoms with Gasteiger partial charge in [-0.25, -0.2) is 0 Å². The molecule has 0 aliphatic heterocycles. The standard InChI is InChI=1S/C9H14/c1-3-8-5-2-6-9(4-1)7-8/h1,3,8-9H,2,4-7H2. The van der Waals surface area contributed by atoms with E-state index in [1.807, 2.05) is 0 Å². The molecule has 2 unspecified atom stereocenters. The van der Waals surface area contributed by atoms with Gasteiger partial charge in [0.1, 0.15) is 0 Å². The zero-order valence-electron chi connectivity index (χ0n) is 5.84. The Morgan fingerprint density at radius 2 is 2.22 bits per heavy atom. The van der Waals surface area contributed by atoms with Crippen molar-refractivity contribution in [3.63, 3.8) is 0 Å². The van der Waals surface area contributed by atoms with Gasteiger partial charge in [0.25, 0.3) is 0 Å². The first-order chi connectivity index (χ1) is 4.45. The van der Waals surface area contributed by atoms with E-state index < -0.39 is 0 Å². The first kappa shape index (κ1) is 5.52. The van der Waals surface area contributed by atoms with Crippen LogP contribution in [-0.2, 0) is 0 Å². The fourth-order valence-electron chi connectivity index (χ4n) is 2.18. The highest BCUT2D eigenvalue weighted by Crippen LogP contribution is 2.35. The molecule has 2 rings (SSSR count). The molecule has 50 valence electrons. The minimum atomic E-state index is 0.970. The van der Waals surface area contributed by atoms with Crippen LogP contribution in [0.25, 0.3) is 0 Å². The second-order valence-electron chi connectivity index (χ2n) is 3.46. The van der Waals surface area contributed by atoms with Gasteiger partial charge in [-0.1, -0.05) is 25.0 Å². The van der Waals surface area contributed by atoms with Crippen LogP contribution in [0, 0.1) is 11.8 Å². The minimum Gasteiger partial charge on any atom is -0.0880 e. The van der Waals surface area contributed by atoms with Crippen LogP contribution in [0.3, 0.4) is 0 Å². The summed E-state index contributed by atoms with van der Waals surface area (Å²) in [6.07, 6.45) is 12.1. The van der Waals surface area contributed by atoms with E-state index in [4.69, 9.17) is 0 Å². The van der Waals surface area contributed by atoms with Gasteiger partial charge in [-0.05, 0) is 31.1 Å². The van der Waals surface area contributed by atoms with Gasteiger partial charge >= 0.3 is 0 Å². The number of fused-ring (bicyclic) bond motifs is 2. The van der Waals surface area contributed by atoms with Crippen molar-refractivity contribution in [3.8, 4) is 0 Å². The molecule has 1 saturated carbocycles. The summed E-state index contributed by atoms with van der Waals surface area (Å²) < 4.78 is 0. The van der Waals surface area contributed by atoms with E-state index in [1.54, 1.807) is 0 Å². The van der Waals surface area contributed by atoms with Crippen molar-refractivity contribution in [1.29, 1.82) is 0 Å². The van der Waals surface area contributed by atoms with Crippen LogP contribution in [0.2, 0.25) is 0 Å². The van der Waals surface area contributed by atoms with Crippen LogP contribution in [0.5, 0.6) is 0 Å². The van der Waals surface area contributed by atoms with Crippen molar-refractivity contribution in [2.75, 3.05) is 0 Å². The lowest BCUT2D eigenvalue weighted by atomic mass is 9.76. The second-order valence-corrected chi connectivity index (χ2v) is 3.46. The zero-order chi connectivity index (χ0) is 6.10. The predicted octanol–water partition coefficient (Wildman–Crippen LogP) is 2.75. The summed E-state index contributed by atoms with van der Waals surface area (Å²) in [5, 5.41) is 0. The first-order valence-electron chi connectivity index (χ1n) is 4.12. The Labute approximate surface area is 57.0 Å². The highest BCUT2D eigenvalue weighted by Gasteiger charge is 2.21. The predicted molar refractivity (Wildman–Crippen MR) is 39.2 cm³/mol. The molecule has 0 saturated heterocycles. The van der Waals surface area contributed by atoms with Crippen LogP contribution in [0.15, 0.2) is 12.2 Å². The third-order valence-corrected chi connectivity index (χ3v) is 2.70. The Kier molecular flexibility index (Phi) is 1.33. The minimum absolute atomic E-state index is 0.970. The molecule has 0 nitrogen and oxygen atoms in total. The van der Waals surface area contributed by atoms with E-state index in [9.17, 15) is 0 Å². The molecule has 2 atom stereocenters. The molecule has 2 bridgehead atoms. The molecule has 0 aromatic carbocycles. The third-order valence-electron chi connectivity index (χ3n) is 2.70. The zero-order valence-corrected chi connectivity index (χ0v) is 5.84. The number of hydrogen-bond acceptors (Lipinski definition) is 0. The molecule has 9 heavy (non-hydrogen) atoms. The molecule has 0 spiro atoms. The van der Waals surface area contributed by atoms with Crippen LogP contribution in [-0.4, -0.2) is 0 Å². The quantitative estimate of drug-likeness (QED) is 0.433. The maximum absolute atomic E-state index is 2.43. The Hall–Kier alpha value is -0.260. The van der Waals surface area contributed by atoms with E-state index in [-0.39, 0.29) is 0 Å². The van der Waals surface area contributed by atoms with Gasteiger partial charge < -0.3 is 0 Å². The molecule has 0 heteroatoms. The Bertz CT molecular complexity index is 124. The topological polar surface area (TPSA) is 0 Å². The first-order valence-corrected chi connectivity index (χ1v) is 4.12. The average Bonchev–Trinajstić information content (AvgIpc) is 1.88. The Morgan fingerprint density at radius 3 is 3.00 bits per heavy atom. The molecule has 0 heterocycles. The lowest BCUT2D eigenvalue weighted by Crippen LogP contribution is -2.16. The summed E-state index contributed by atoms with van der Waals surface area (Å²) in [6.45, 7) is 0. The number of allylic oxidation sites excluding steroid dienone is 2. The maximum Gasteiger partial charge on any atom is -0.0231 e. The monoisotopic (exact) mass is 122 g/mol. The summed E-state index contributed by atoms with van der Waals surface area (Å²) in [7, 11) is 0. The second kappa shape index (κ2) is 2.17. The van der Waals surface area contributed by atoms with Crippen molar-refractivity contribution in [2.24, 2.45) is 11.8 Å². The van der Waals surface area contributed by atoms with Crippen LogP contribution in [0.1, 0.15) is 32.1 Å². The van der Waals surface area contributed by atoms with Gasteiger partial charge in [0.05, 0.1) is 0 Å². The molecule has 0 amide bonds. The summed E-state index contributed by atoms with van der Waals surface area (Å²) in [5.41, 5.74) is 0. The Balaban J connectivity index is 2.09. The van der Waals surface area contributed by atoms with E-state index in [1.165, 1.54) is 32.1 Å². The largest absolute Gasteiger partial charge is 0.0880 e. The highest BCUT2D eigenvalue weighted by atomic mass is 14.3. The highest BCUT2D eigenvalue weighted by molar-refractivity contribution is 4.98. The van der Waals surface area contributed by atoms with Gasteiger partial charge in [-0.2, -0.15) is 0 Å². The van der Waals surface area contributed by atoms with Crippen molar-refractivity contribution < 1.29 is 0 Å². The summed E-state index contributed by atoms with van der Waals surface area (Å²) >= 11 is 0. The molecule has 0 aromatic rings. The summed E-state index contributed by atoms with van der Waals surface area (Å²) in [4.78, 5) is 0. The fourth-order valence-corrected chi connectivity index (χ4v) is 2.18. The van der Waals surface area contributed by atoms with E-state index >= 15 is 0 Å². The SMILES string of the molecule is C1=CC2CCCC(C1)C2. The van der Waals surface area contributed by atoms with Gasteiger partial charge in [-0.15, -0.1) is 0 Å². The molecule has 0 N–H and O–H groups in total. The lowest BCUT2D eigenvalue weighted by molar-refractivity contribution is 0.291. The van der Waals surface area contributed by atoms with Crippen LogP contribution < -0.4 is 0 Å². The number of hydrogen-bond donors (Lipinski definition) is 0. The molecule has 1 fully saturated rings. The van der Waals surface area contributed by atoms with E-state index in [0.717, 1.165) is 11.8 Å². The number of rotatable bonds is 0. The summed E-state index contributed by atoms with van der Waals surface area (Å²) in [5.74, 6) is 2.03. The van der Waals surface area contributed by atoms with Crippen LogP contribution >= 0.6 is 0 Å². The van der Waals surface area contributed by atoms with E-state index in [0.29, 0.717) is 0 Å².